The van der Waals surface area contributed by atoms with Crippen LogP contribution in [0.15, 0.2) is 71.1 Å². The molecule has 0 bridgehead atoms. The van der Waals surface area contributed by atoms with Crippen LogP contribution in [0.3, 0.4) is 0 Å². The molecule has 1 atom stereocenters. The number of nitro benzene ring substituents is 1. The molecule has 0 aliphatic carbocycles. The molecule has 0 aliphatic heterocycles. The van der Waals surface area contributed by atoms with Gasteiger partial charge in [0.05, 0.1) is 4.92 Å². The number of benzene rings is 3. The van der Waals surface area contributed by atoms with E-state index in [0.717, 1.165) is 17.5 Å². The van der Waals surface area contributed by atoms with Crippen molar-refractivity contribution in [3.8, 4) is 17.2 Å². The Morgan fingerprint density at radius 2 is 1.97 bits per heavy atom. The molecule has 36 heavy (non-hydrogen) atoms. The topological polar surface area (TPSA) is 120 Å². The maximum atomic E-state index is 12.2. The fourth-order valence-electron chi connectivity index (χ4n) is 3.54. The molecule has 0 fully saturated rings. The van der Waals surface area contributed by atoms with Crippen molar-refractivity contribution in [3.63, 3.8) is 0 Å². The summed E-state index contributed by atoms with van der Waals surface area (Å²) in [7, 11) is 0. The van der Waals surface area contributed by atoms with E-state index in [1.54, 1.807) is 12.1 Å². The van der Waals surface area contributed by atoms with Crippen LogP contribution >= 0.6 is 12.2 Å². The number of nitro groups is 1. The molecule has 4 aromatic rings. The normalized spacial score (nSPS) is 11.6. The van der Waals surface area contributed by atoms with Crippen LogP contribution < -0.4 is 15.4 Å². The molecule has 1 amide bonds. The number of para-hydroxylation sites is 2. The summed E-state index contributed by atoms with van der Waals surface area (Å²) in [4.78, 5) is 27.4. The Hall–Kier alpha value is -4.31. The van der Waals surface area contributed by atoms with Gasteiger partial charge >= 0.3 is 5.69 Å². The van der Waals surface area contributed by atoms with Crippen molar-refractivity contribution in [3.05, 3.63) is 82.4 Å². The Morgan fingerprint density at radius 3 is 2.75 bits per heavy atom. The Bertz CT molecular complexity index is 1430. The van der Waals surface area contributed by atoms with Gasteiger partial charge in [0.15, 0.2) is 23.1 Å². The van der Waals surface area contributed by atoms with Crippen molar-refractivity contribution >= 4 is 45.7 Å². The van der Waals surface area contributed by atoms with Crippen LogP contribution in [0.4, 0.5) is 11.4 Å². The van der Waals surface area contributed by atoms with Gasteiger partial charge in [-0.25, -0.2) is 4.98 Å². The van der Waals surface area contributed by atoms with Crippen LogP contribution in [0.25, 0.3) is 22.6 Å². The molecule has 10 heteroatoms. The van der Waals surface area contributed by atoms with Gasteiger partial charge in [-0.2, -0.15) is 0 Å². The van der Waals surface area contributed by atoms with E-state index in [0.29, 0.717) is 23.1 Å². The van der Waals surface area contributed by atoms with Crippen molar-refractivity contribution < 1.29 is 18.9 Å². The lowest BCUT2D eigenvalue weighted by Gasteiger charge is -2.11. The van der Waals surface area contributed by atoms with E-state index in [1.165, 1.54) is 23.8 Å². The van der Waals surface area contributed by atoms with Crippen LogP contribution in [0.2, 0.25) is 0 Å². The molecule has 4 rings (SSSR count). The molecule has 3 aromatic carbocycles. The molecule has 0 spiro atoms. The summed E-state index contributed by atoms with van der Waals surface area (Å²) in [6, 6.07) is 19.2. The van der Waals surface area contributed by atoms with Gasteiger partial charge in [0.1, 0.15) is 5.52 Å². The van der Waals surface area contributed by atoms with E-state index in [9.17, 15) is 14.9 Å². The number of aromatic nitrogens is 1. The highest BCUT2D eigenvalue weighted by Gasteiger charge is 2.16. The van der Waals surface area contributed by atoms with Gasteiger partial charge in [-0.3, -0.25) is 20.2 Å². The first kappa shape index (κ1) is 24.8. The van der Waals surface area contributed by atoms with Crippen LogP contribution in [-0.2, 0) is 4.79 Å². The molecule has 1 aromatic heterocycles. The van der Waals surface area contributed by atoms with Crippen LogP contribution in [0.5, 0.6) is 5.75 Å². The van der Waals surface area contributed by atoms with Crippen molar-refractivity contribution in [1.29, 1.82) is 0 Å². The summed E-state index contributed by atoms with van der Waals surface area (Å²) in [5.41, 5.74) is 3.86. The number of ether oxygens (including phenoxy) is 1. The minimum Gasteiger partial charge on any atom is -0.477 e. The van der Waals surface area contributed by atoms with Gasteiger partial charge in [-0.15, -0.1) is 0 Å². The second-order valence-electron chi connectivity index (χ2n) is 8.15. The average Bonchev–Trinajstić information content (AvgIpc) is 3.31. The maximum Gasteiger partial charge on any atom is 0.310 e. The summed E-state index contributed by atoms with van der Waals surface area (Å²) < 4.78 is 11.2. The fourth-order valence-corrected chi connectivity index (χ4v) is 3.77. The largest absolute Gasteiger partial charge is 0.477 e. The number of rotatable bonds is 8. The first-order chi connectivity index (χ1) is 17.3. The fraction of sp³-hybridized carbons (Fsp3) is 0.192. The Morgan fingerprint density at radius 1 is 1.17 bits per heavy atom. The van der Waals surface area contributed by atoms with Gasteiger partial charge in [0.2, 0.25) is 5.89 Å². The summed E-state index contributed by atoms with van der Waals surface area (Å²) in [6.07, 6.45) is 1.04. The Kier molecular flexibility index (Phi) is 7.55. The lowest BCUT2D eigenvalue weighted by molar-refractivity contribution is -0.385. The SMILES string of the molecule is CCC(C)c1ccc2oc(-c3cccc(NC(=S)NC(=O)COc4ccccc4[N+](=O)[O-])c3)nc2c1. The molecule has 0 saturated carbocycles. The Balaban J connectivity index is 1.39. The predicted octanol–water partition coefficient (Wildman–Crippen LogP) is 5.81. The van der Waals surface area contributed by atoms with E-state index in [4.69, 9.17) is 21.4 Å². The van der Waals surface area contributed by atoms with Crippen LogP contribution in [-0.4, -0.2) is 27.5 Å². The molecule has 0 aliphatic rings. The zero-order valence-electron chi connectivity index (χ0n) is 19.7. The summed E-state index contributed by atoms with van der Waals surface area (Å²) in [5, 5.41) is 16.6. The standard InChI is InChI=1S/C26H24N4O5S/c1-3-16(2)17-11-12-22-20(14-17)28-25(35-22)18-7-6-8-19(13-18)27-26(36)29-24(31)15-34-23-10-5-4-9-21(23)30(32)33/h4-14,16H,3,15H2,1-2H3,(H2,27,29,31,36). The van der Waals surface area contributed by atoms with Gasteiger partial charge in [0.25, 0.3) is 5.91 Å². The molecule has 0 saturated heterocycles. The predicted molar refractivity (Wildman–Crippen MR) is 141 cm³/mol. The summed E-state index contributed by atoms with van der Waals surface area (Å²) in [6.45, 7) is 3.89. The number of oxazole rings is 1. The highest BCUT2D eigenvalue weighted by atomic mass is 32.1. The van der Waals surface area contributed by atoms with E-state index in [1.807, 2.05) is 24.3 Å². The number of carbonyl (C=O) groups excluding carboxylic acids is 1. The number of amides is 1. The van der Waals surface area contributed by atoms with Gasteiger partial charge in [-0.05, 0) is 66.5 Å². The molecular formula is C26H24N4O5S. The zero-order chi connectivity index (χ0) is 25.7. The van der Waals surface area contributed by atoms with Crippen molar-refractivity contribution in [1.82, 2.24) is 10.3 Å². The second kappa shape index (κ2) is 11.0. The average molecular weight is 505 g/mol. The third-order valence-electron chi connectivity index (χ3n) is 5.63. The van der Waals surface area contributed by atoms with Crippen molar-refractivity contribution in [2.45, 2.75) is 26.2 Å². The number of anilines is 1. The lowest BCUT2D eigenvalue weighted by Crippen LogP contribution is -2.37. The third-order valence-corrected chi connectivity index (χ3v) is 5.84. The molecule has 184 valence electrons. The third kappa shape index (κ3) is 5.84. The van der Waals surface area contributed by atoms with E-state index >= 15 is 0 Å². The quantitative estimate of drug-likeness (QED) is 0.175. The zero-order valence-corrected chi connectivity index (χ0v) is 20.5. The highest BCUT2D eigenvalue weighted by molar-refractivity contribution is 7.80. The van der Waals surface area contributed by atoms with Gasteiger partial charge in [-0.1, -0.05) is 38.1 Å². The van der Waals surface area contributed by atoms with Crippen LogP contribution in [0, 0.1) is 10.1 Å². The number of thiocarbonyl (C=S) groups is 1. The molecule has 1 unspecified atom stereocenters. The first-order valence-electron chi connectivity index (χ1n) is 11.3. The number of hydrogen-bond acceptors (Lipinski definition) is 7. The number of hydrogen-bond donors (Lipinski definition) is 2. The first-order valence-corrected chi connectivity index (χ1v) is 11.7. The lowest BCUT2D eigenvalue weighted by atomic mass is 9.98. The second-order valence-corrected chi connectivity index (χ2v) is 8.56. The molecule has 1 heterocycles. The highest BCUT2D eigenvalue weighted by Crippen LogP contribution is 2.29. The number of nitrogens with one attached hydrogen (secondary N) is 2. The molecule has 9 nitrogen and oxygen atoms in total. The minimum atomic E-state index is -0.575. The van der Waals surface area contributed by atoms with Crippen molar-refractivity contribution in [2.24, 2.45) is 0 Å². The molecule has 2 N–H and O–H groups in total. The Labute approximate surface area is 212 Å². The summed E-state index contributed by atoms with van der Waals surface area (Å²) in [5.74, 6) is 0.353. The summed E-state index contributed by atoms with van der Waals surface area (Å²) >= 11 is 5.23. The van der Waals surface area contributed by atoms with E-state index in [-0.39, 0.29) is 16.5 Å². The van der Waals surface area contributed by atoms with Gasteiger partial charge in [0, 0.05) is 17.3 Å². The molecular weight excluding hydrogens is 480 g/mol. The minimum absolute atomic E-state index is 0.00108. The van der Waals surface area contributed by atoms with Crippen LogP contribution in [0.1, 0.15) is 31.7 Å². The number of fused-ring (bicyclic) bond motifs is 1. The van der Waals surface area contributed by atoms with E-state index < -0.39 is 17.4 Å². The maximum absolute atomic E-state index is 12.2. The number of nitrogens with zero attached hydrogens (tertiary/aromatic N) is 2. The van der Waals surface area contributed by atoms with Crippen molar-refractivity contribution in [2.75, 3.05) is 11.9 Å². The van der Waals surface area contributed by atoms with Gasteiger partial charge < -0.3 is 14.5 Å². The number of carbonyl (C=O) groups is 1. The smallest absolute Gasteiger partial charge is 0.310 e. The van der Waals surface area contributed by atoms with E-state index in [2.05, 4.69) is 41.6 Å². The monoisotopic (exact) mass is 504 g/mol. The molecule has 0 radical (unpaired) electrons.